The molecule has 0 fully saturated rings. The lowest BCUT2D eigenvalue weighted by atomic mass is 10.1. The summed E-state index contributed by atoms with van der Waals surface area (Å²) in [6, 6.07) is 5.36. The van der Waals surface area contributed by atoms with Gasteiger partial charge in [-0.1, -0.05) is 6.07 Å². The maximum atomic E-state index is 12.7. The van der Waals surface area contributed by atoms with Crippen molar-refractivity contribution in [2.75, 3.05) is 5.32 Å². The van der Waals surface area contributed by atoms with E-state index in [1.54, 1.807) is 13.0 Å². The summed E-state index contributed by atoms with van der Waals surface area (Å²) in [5, 5.41) is 2.95. The van der Waals surface area contributed by atoms with E-state index in [2.05, 4.69) is 37.2 Å². The van der Waals surface area contributed by atoms with Gasteiger partial charge < -0.3 is 9.73 Å². The first-order valence-electron chi connectivity index (χ1n) is 5.63. The van der Waals surface area contributed by atoms with Crippen LogP contribution in [-0.2, 0) is 12.7 Å². The Morgan fingerprint density at radius 3 is 2.45 bits per heavy atom. The molecule has 0 radical (unpaired) electrons. The number of furan rings is 1. The molecule has 1 heterocycles. The Morgan fingerprint density at radius 2 is 1.90 bits per heavy atom. The summed E-state index contributed by atoms with van der Waals surface area (Å²) in [4.78, 5) is 0. The minimum Gasteiger partial charge on any atom is -0.451 e. The number of hydrogen-bond donors (Lipinski definition) is 1. The maximum Gasteiger partial charge on any atom is 0.416 e. The number of benzene rings is 1. The second-order valence-electron chi connectivity index (χ2n) is 4.22. The van der Waals surface area contributed by atoms with Crippen molar-refractivity contribution in [2.24, 2.45) is 0 Å². The summed E-state index contributed by atoms with van der Waals surface area (Å²) in [7, 11) is 0. The Hall–Kier alpha value is -0.950. The highest BCUT2D eigenvalue weighted by atomic mass is 79.9. The topological polar surface area (TPSA) is 25.2 Å². The van der Waals surface area contributed by atoms with Gasteiger partial charge in [0, 0.05) is 5.69 Å². The van der Waals surface area contributed by atoms with Gasteiger partial charge in [-0.05, 0) is 62.5 Å². The monoisotopic (exact) mass is 411 g/mol. The first-order valence-corrected chi connectivity index (χ1v) is 7.21. The molecule has 2 aromatic rings. The first-order chi connectivity index (χ1) is 9.27. The van der Waals surface area contributed by atoms with Gasteiger partial charge in [0.2, 0.25) is 0 Å². The Balaban J connectivity index is 2.16. The van der Waals surface area contributed by atoms with Gasteiger partial charge in [-0.3, -0.25) is 0 Å². The fourth-order valence-corrected chi connectivity index (χ4v) is 2.31. The number of hydrogen-bond acceptors (Lipinski definition) is 2. The molecule has 0 bridgehead atoms. The van der Waals surface area contributed by atoms with Gasteiger partial charge in [-0.15, -0.1) is 0 Å². The van der Waals surface area contributed by atoms with Gasteiger partial charge in [-0.25, -0.2) is 0 Å². The van der Waals surface area contributed by atoms with Crippen molar-refractivity contribution < 1.29 is 17.6 Å². The van der Waals surface area contributed by atoms with Gasteiger partial charge in [0.25, 0.3) is 0 Å². The number of anilines is 1. The van der Waals surface area contributed by atoms with E-state index in [1.807, 2.05) is 0 Å². The normalized spacial score (nSPS) is 11.7. The van der Waals surface area contributed by atoms with Gasteiger partial charge in [0.1, 0.15) is 5.76 Å². The highest BCUT2D eigenvalue weighted by Gasteiger charge is 2.30. The average Bonchev–Trinajstić information content (AvgIpc) is 2.66. The zero-order valence-electron chi connectivity index (χ0n) is 10.3. The zero-order valence-corrected chi connectivity index (χ0v) is 13.5. The number of alkyl halides is 3. The molecule has 0 amide bonds. The molecule has 0 unspecified atom stereocenters. The molecule has 7 heteroatoms. The molecule has 20 heavy (non-hydrogen) atoms. The molecule has 0 saturated heterocycles. The van der Waals surface area contributed by atoms with Crippen molar-refractivity contribution in [2.45, 2.75) is 19.6 Å². The molecule has 0 aliphatic rings. The zero-order chi connectivity index (χ0) is 14.9. The van der Waals surface area contributed by atoms with Gasteiger partial charge >= 0.3 is 6.18 Å². The molecule has 0 aliphatic carbocycles. The standard InChI is InChI=1S/C13H10Br2F3NO/c1-7-2-3-8(13(16,17)18)4-11(7)19-6-9-5-10(14)12(15)20-9/h2-5,19H,6H2,1H3. The van der Waals surface area contributed by atoms with Crippen LogP contribution in [0.25, 0.3) is 0 Å². The van der Waals surface area contributed by atoms with Crippen molar-refractivity contribution in [1.82, 2.24) is 0 Å². The van der Waals surface area contributed by atoms with Crippen molar-refractivity contribution in [3.63, 3.8) is 0 Å². The largest absolute Gasteiger partial charge is 0.451 e. The molecule has 0 atom stereocenters. The second-order valence-corrected chi connectivity index (χ2v) is 5.79. The summed E-state index contributed by atoms with van der Waals surface area (Å²) in [5.41, 5.74) is 0.499. The lowest BCUT2D eigenvalue weighted by molar-refractivity contribution is -0.137. The molecule has 0 spiro atoms. The average molecular weight is 413 g/mol. The minimum absolute atomic E-state index is 0.298. The van der Waals surface area contributed by atoms with E-state index in [9.17, 15) is 13.2 Å². The Bertz CT molecular complexity index is 603. The van der Waals surface area contributed by atoms with Gasteiger partial charge in [-0.2, -0.15) is 13.2 Å². The molecule has 0 saturated carbocycles. The predicted octanol–water partition coefficient (Wildman–Crippen LogP) is 5.74. The van der Waals surface area contributed by atoms with Crippen molar-refractivity contribution in [3.8, 4) is 0 Å². The van der Waals surface area contributed by atoms with E-state index in [0.29, 0.717) is 22.7 Å². The van der Waals surface area contributed by atoms with Crippen molar-refractivity contribution in [1.29, 1.82) is 0 Å². The Morgan fingerprint density at radius 1 is 1.20 bits per heavy atom. The number of rotatable bonds is 3. The van der Waals surface area contributed by atoms with Crippen LogP contribution >= 0.6 is 31.9 Å². The van der Waals surface area contributed by atoms with Crippen LogP contribution in [0.4, 0.5) is 18.9 Å². The highest BCUT2D eigenvalue weighted by Crippen LogP contribution is 2.32. The summed E-state index contributed by atoms with van der Waals surface area (Å²) in [5.74, 6) is 0.612. The lowest BCUT2D eigenvalue weighted by Crippen LogP contribution is -2.07. The van der Waals surface area contributed by atoms with Crippen LogP contribution in [-0.4, -0.2) is 0 Å². The van der Waals surface area contributed by atoms with E-state index in [1.165, 1.54) is 6.07 Å². The summed E-state index contributed by atoms with van der Waals surface area (Å²) >= 11 is 6.48. The molecule has 1 N–H and O–H groups in total. The molecule has 2 nitrogen and oxygen atoms in total. The van der Waals surface area contributed by atoms with E-state index in [4.69, 9.17) is 4.42 Å². The van der Waals surface area contributed by atoms with Crippen molar-refractivity contribution >= 4 is 37.5 Å². The van der Waals surface area contributed by atoms with E-state index < -0.39 is 11.7 Å². The maximum absolute atomic E-state index is 12.7. The van der Waals surface area contributed by atoms with Crippen LogP contribution in [0.3, 0.4) is 0 Å². The van der Waals surface area contributed by atoms with Gasteiger partial charge in [0.05, 0.1) is 16.6 Å². The smallest absolute Gasteiger partial charge is 0.416 e. The lowest BCUT2D eigenvalue weighted by Gasteiger charge is -2.12. The fraction of sp³-hybridized carbons (Fsp3) is 0.231. The highest BCUT2D eigenvalue weighted by molar-refractivity contribution is 9.13. The molecule has 1 aromatic heterocycles. The second kappa shape index (κ2) is 5.81. The van der Waals surface area contributed by atoms with Crippen LogP contribution in [0.15, 0.2) is 37.8 Å². The molecular weight excluding hydrogens is 403 g/mol. The third-order valence-electron chi connectivity index (χ3n) is 2.71. The third kappa shape index (κ3) is 3.58. The summed E-state index contributed by atoms with van der Waals surface area (Å²) in [6.45, 7) is 2.04. The minimum atomic E-state index is -4.35. The van der Waals surface area contributed by atoms with E-state index in [0.717, 1.165) is 22.2 Å². The van der Waals surface area contributed by atoms with Crippen LogP contribution < -0.4 is 5.32 Å². The molecule has 0 aliphatic heterocycles. The number of halogens is 5. The van der Waals surface area contributed by atoms with Crippen LogP contribution in [0.1, 0.15) is 16.9 Å². The molecule has 108 valence electrons. The third-order valence-corrected chi connectivity index (χ3v) is 4.42. The predicted molar refractivity (Wildman–Crippen MR) is 77.6 cm³/mol. The van der Waals surface area contributed by atoms with Gasteiger partial charge in [0.15, 0.2) is 4.67 Å². The molecule has 2 rings (SSSR count). The Kier molecular flexibility index (Phi) is 4.49. The molecular formula is C13H10Br2F3NO. The van der Waals surface area contributed by atoms with Crippen molar-refractivity contribution in [3.05, 3.63) is 50.3 Å². The van der Waals surface area contributed by atoms with Crippen LogP contribution in [0, 0.1) is 6.92 Å². The van der Waals surface area contributed by atoms with E-state index >= 15 is 0 Å². The first kappa shape index (κ1) is 15.4. The molecule has 1 aromatic carbocycles. The number of aryl methyl sites for hydroxylation is 1. The SMILES string of the molecule is Cc1ccc(C(F)(F)F)cc1NCc1cc(Br)c(Br)o1. The fourth-order valence-electron chi connectivity index (χ4n) is 1.65. The quantitative estimate of drug-likeness (QED) is 0.694. The summed E-state index contributed by atoms with van der Waals surface area (Å²) in [6.07, 6.45) is -4.35. The number of nitrogens with one attached hydrogen (secondary N) is 1. The van der Waals surface area contributed by atoms with Crippen LogP contribution in [0.2, 0.25) is 0 Å². The Labute approximate surface area is 130 Å². The summed E-state index contributed by atoms with van der Waals surface area (Å²) < 4.78 is 44.6. The van der Waals surface area contributed by atoms with Crippen LogP contribution in [0.5, 0.6) is 0 Å². The van der Waals surface area contributed by atoms with E-state index in [-0.39, 0.29) is 0 Å².